The molecule has 0 spiro atoms. The smallest absolute Gasteiger partial charge is 0.346 e. The van der Waals surface area contributed by atoms with Crippen molar-refractivity contribution in [3.63, 3.8) is 0 Å². The van der Waals surface area contributed by atoms with E-state index in [1.807, 2.05) is 42.5 Å². The lowest BCUT2D eigenvalue weighted by Crippen LogP contribution is -2.48. The highest BCUT2D eigenvalue weighted by Gasteiger charge is 2.27. The van der Waals surface area contributed by atoms with E-state index in [9.17, 15) is 24.6 Å². The quantitative estimate of drug-likeness (QED) is 0.290. The van der Waals surface area contributed by atoms with Gasteiger partial charge in [-0.15, -0.1) is 0 Å². The number of hydrazine groups is 1. The number of benzene rings is 2. The van der Waals surface area contributed by atoms with Crippen LogP contribution in [0.1, 0.15) is 29.5 Å². The second-order valence-electron chi connectivity index (χ2n) is 7.25. The number of nitrogens with zero attached hydrogens (tertiary/aromatic N) is 2. The van der Waals surface area contributed by atoms with Crippen molar-refractivity contribution in [2.24, 2.45) is 0 Å². The van der Waals surface area contributed by atoms with Gasteiger partial charge in [0.25, 0.3) is 5.88 Å². The summed E-state index contributed by atoms with van der Waals surface area (Å²) in [7, 11) is 0. The Labute approximate surface area is 199 Å². The van der Waals surface area contributed by atoms with Crippen LogP contribution >= 0.6 is 11.6 Å². The van der Waals surface area contributed by atoms with Crippen molar-refractivity contribution in [3.05, 3.63) is 70.9 Å². The van der Waals surface area contributed by atoms with Gasteiger partial charge in [0, 0.05) is 18.0 Å². The number of aliphatic carboxylic acids is 1. The van der Waals surface area contributed by atoms with Crippen molar-refractivity contribution in [3.8, 4) is 17.0 Å². The first-order valence-corrected chi connectivity index (χ1v) is 10.6. The predicted molar refractivity (Wildman–Crippen MR) is 121 cm³/mol. The molecule has 1 atom stereocenters. The predicted octanol–water partition coefficient (Wildman–Crippen LogP) is 3.25. The van der Waals surface area contributed by atoms with Gasteiger partial charge in [-0.05, 0) is 34.0 Å². The summed E-state index contributed by atoms with van der Waals surface area (Å²) in [5.74, 6) is -3.58. The topological polar surface area (TPSA) is 142 Å². The second-order valence-corrected chi connectivity index (χ2v) is 7.68. The van der Waals surface area contributed by atoms with Crippen LogP contribution in [-0.4, -0.2) is 50.9 Å². The Bertz CT molecular complexity index is 1160. The van der Waals surface area contributed by atoms with Crippen molar-refractivity contribution in [2.45, 2.75) is 26.0 Å². The molecule has 1 aromatic heterocycles. The number of rotatable bonds is 10. The highest BCUT2D eigenvalue weighted by atomic mass is 35.5. The summed E-state index contributed by atoms with van der Waals surface area (Å²) < 4.78 is 9.72. The normalized spacial score (nSPS) is 11.7. The largest absolute Gasteiger partial charge is 0.491 e. The highest BCUT2D eigenvalue weighted by Crippen LogP contribution is 2.23. The maximum Gasteiger partial charge on any atom is 0.346 e. The van der Waals surface area contributed by atoms with Gasteiger partial charge in [-0.3, -0.25) is 15.0 Å². The third kappa shape index (κ3) is 6.80. The van der Waals surface area contributed by atoms with Crippen LogP contribution < -0.4 is 5.43 Å². The van der Waals surface area contributed by atoms with Crippen LogP contribution in [0, 0.1) is 0 Å². The standard InChI is InChI=1S/C23H22ClN3O7/c1-2-21(29)33-19(23(31)32)13-27(25-22(30)18-11-20(28)26-34-18)12-14-6-8-15(9-7-14)16-4-3-5-17(24)10-16/h3-11,19H,2,12-13H2,1H3,(H,25,30)(H,26,28)(H,31,32)/t19-/m1/s1. The molecule has 2 aromatic carbocycles. The Morgan fingerprint density at radius 2 is 1.88 bits per heavy atom. The summed E-state index contributed by atoms with van der Waals surface area (Å²) in [5, 5.41) is 23.9. The van der Waals surface area contributed by atoms with Gasteiger partial charge < -0.3 is 19.5 Å². The number of aromatic nitrogens is 1. The number of amides is 1. The van der Waals surface area contributed by atoms with E-state index in [2.05, 4.69) is 10.6 Å². The van der Waals surface area contributed by atoms with E-state index in [1.54, 1.807) is 13.0 Å². The average Bonchev–Trinajstić information content (AvgIpc) is 3.25. The molecule has 178 valence electrons. The number of carbonyl (C=O) groups excluding carboxylic acids is 2. The van der Waals surface area contributed by atoms with Gasteiger partial charge in [-0.1, -0.05) is 54.9 Å². The highest BCUT2D eigenvalue weighted by molar-refractivity contribution is 6.30. The first kappa shape index (κ1) is 24.7. The second kappa shape index (κ2) is 11.3. The van der Waals surface area contributed by atoms with Gasteiger partial charge in [-0.2, -0.15) is 0 Å². The number of carbonyl (C=O) groups is 3. The molecule has 3 N–H and O–H groups in total. The molecule has 10 nitrogen and oxygen atoms in total. The lowest BCUT2D eigenvalue weighted by atomic mass is 10.0. The molecule has 34 heavy (non-hydrogen) atoms. The number of nitrogens with one attached hydrogen (secondary N) is 1. The van der Waals surface area contributed by atoms with Gasteiger partial charge in [0.1, 0.15) is 0 Å². The number of aromatic hydroxyl groups is 1. The molecule has 3 rings (SSSR count). The monoisotopic (exact) mass is 487 g/mol. The van der Waals surface area contributed by atoms with E-state index in [-0.39, 0.29) is 25.3 Å². The Balaban J connectivity index is 1.79. The SMILES string of the molecule is CCC(=O)O[C@H](CN(Cc1ccc(-c2cccc(Cl)c2)cc1)NC(=O)c1cc(O)no1)C(=O)O. The van der Waals surface area contributed by atoms with Crippen LogP contribution in [0.25, 0.3) is 11.1 Å². The fourth-order valence-corrected chi connectivity index (χ4v) is 3.21. The molecule has 0 bridgehead atoms. The lowest BCUT2D eigenvalue weighted by molar-refractivity contribution is -0.165. The van der Waals surface area contributed by atoms with E-state index >= 15 is 0 Å². The number of ether oxygens (including phenoxy) is 1. The first-order valence-electron chi connectivity index (χ1n) is 10.2. The summed E-state index contributed by atoms with van der Waals surface area (Å²) in [6.07, 6.45) is -1.53. The van der Waals surface area contributed by atoms with Gasteiger partial charge in [0.05, 0.1) is 12.6 Å². The number of esters is 1. The molecule has 0 aliphatic heterocycles. The Kier molecular flexibility index (Phi) is 8.23. The molecule has 1 heterocycles. The summed E-state index contributed by atoms with van der Waals surface area (Å²) >= 11 is 6.06. The van der Waals surface area contributed by atoms with Crippen LogP contribution in [-0.2, 0) is 20.9 Å². The van der Waals surface area contributed by atoms with E-state index in [1.165, 1.54) is 5.01 Å². The van der Waals surface area contributed by atoms with Gasteiger partial charge in [0.2, 0.25) is 11.9 Å². The molecule has 0 unspecified atom stereocenters. The van der Waals surface area contributed by atoms with Gasteiger partial charge >= 0.3 is 17.8 Å². The number of carboxylic acid groups (broad SMARTS) is 1. The van der Waals surface area contributed by atoms with E-state index < -0.39 is 29.8 Å². The summed E-state index contributed by atoms with van der Waals surface area (Å²) in [6.45, 7) is 1.27. The Morgan fingerprint density at radius 3 is 2.47 bits per heavy atom. The number of hydrogen-bond acceptors (Lipinski definition) is 8. The van der Waals surface area contributed by atoms with Crippen LogP contribution in [0.5, 0.6) is 5.88 Å². The number of carboxylic acids is 1. The fraction of sp³-hybridized carbons (Fsp3) is 0.217. The zero-order valence-electron chi connectivity index (χ0n) is 18.1. The molecule has 0 aliphatic rings. The molecule has 0 radical (unpaired) electrons. The third-order valence-electron chi connectivity index (χ3n) is 4.69. The number of halogens is 1. The van der Waals surface area contributed by atoms with Crippen molar-refractivity contribution < 1.29 is 33.9 Å². The molecule has 11 heteroatoms. The maximum absolute atomic E-state index is 12.5. The molecular formula is C23H22ClN3O7. The first-order chi connectivity index (χ1) is 16.2. The minimum absolute atomic E-state index is 0.00154. The molecule has 0 saturated carbocycles. The molecular weight excluding hydrogens is 466 g/mol. The zero-order chi connectivity index (χ0) is 24.7. The maximum atomic E-state index is 12.5. The van der Waals surface area contributed by atoms with E-state index in [0.29, 0.717) is 5.02 Å². The molecule has 3 aromatic rings. The molecule has 0 saturated heterocycles. The van der Waals surface area contributed by atoms with E-state index in [0.717, 1.165) is 22.8 Å². The Morgan fingerprint density at radius 1 is 1.15 bits per heavy atom. The number of hydrogen-bond donors (Lipinski definition) is 3. The lowest BCUT2D eigenvalue weighted by Gasteiger charge is -2.25. The summed E-state index contributed by atoms with van der Waals surface area (Å²) in [4.78, 5) is 35.8. The molecule has 1 amide bonds. The molecule has 0 fully saturated rings. The van der Waals surface area contributed by atoms with Crippen LogP contribution in [0.2, 0.25) is 5.02 Å². The van der Waals surface area contributed by atoms with Gasteiger partial charge in [-0.25, -0.2) is 9.80 Å². The van der Waals surface area contributed by atoms with Crippen LogP contribution in [0.3, 0.4) is 0 Å². The summed E-state index contributed by atoms with van der Waals surface area (Å²) in [6, 6.07) is 15.7. The average molecular weight is 488 g/mol. The Hall–Kier alpha value is -3.89. The third-order valence-corrected chi connectivity index (χ3v) is 4.93. The van der Waals surface area contributed by atoms with Crippen LogP contribution in [0.4, 0.5) is 0 Å². The van der Waals surface area contributed by atoms with Crippen molar-refractivity contribution in [1.29, 1.82) is 0 Å². The summed E-state index contributed by atoms with van der Waals surface area (Å²) in [5.41, 5.74) is 5.08. The van der Waals surface area contributed by atoms with Crippen molar-refractivity contribution >= 4 is 29.4 Å². The fourth-order valence-electron chi connectivity index (χ4n) is 3.02. The van der Waals surface area contributed by atoms with Crippen molar-refractivity contribution in [1.82, 2.24) is 15.6 Å². The minimum atomic E-state index is -1.53. The van der Waals surface area contributed by atoms with Crippen LogP contribution in [0.15, 0.2) is 59.1 Å². The zero-order valence-corrected chi connectivity index (χ0v) is 18.9. The molecule has 0 aliphatic carbocycles. The van der Waals surface area contributed by atoms with Gasteiger partial charge in [0.15, 0.2) is 0 Å². The van der Waals surface area contributed by atoms with E-state index in [4.69, 9.17) is 20.9 Å². The minimum Gasteiger partial charge on any atom is -0.491 e. The van der Waals surface area contributed by atoms with Crippen molar-refractivity contribution in [2.75, 3.05) is 6.54 Å².